The van der Waals surface area contributed by atoms with Gasteiger partial charge in [-0.1, -0.05) is 48.9 Å². The number of hydrogen-bond acceptors (Lipinski definition) is 2. The largest absolute Gasteiger partial charge is 0.431 e. The summed E-state index contributed by atoms with van der Waals surface area (Å²) in [4.78, 5) is 11.7. The number of esters is 1. The van der Waals surface area contributed by atoms with Crippen molar-refractivity contribution in [2.45, 2.75) is 46.5 Å². The molecule has 0 heterocycles. The number of unbranched alkanes of at least 4 members (excludes halogenated alkanes) is 1. The molecule has 0 spiro atoms. The van der Waals surface area contributed by atoms with E-state index in [0.717, 1.165) is 24.8 Å². The lowest BCUT2D eigenvalue weighted by atomic mass is 10.1. The Morgan fingerprint density at radius 2 is 1.75 bits per heavy atom. The molecule has 0 bridgehead atoms. The highest BCUT2D eigenvalue weighted by atomic mass is 16.5. The van der Waals surface area contributed by atoms with Crippen LogP contribution in [0.25, 0.3) is 0 Å². The fraction of sp³-hybridized carbons (Fsp3) is 0.389. The minimum atomic E-state index is -0.203. The summed E-state index contributed by atoms with van der Waals surface area (Å²) in [5, 5.41) is 0. The van der Waals surface area contributed by atoms with E-state index in [1.165, 1.54) is 5.57 Å². The summed E-state index contributed by atoms with van der Waals surface area (Å²) >= 11 is 0. The predicted octanol–water partition coefficient (Wildman–Crippen LogP) is 4.81. The van der Waals surface area contributed by atoms with Crippen LogP contribution in [0.1, 0.15) is 45.6 Å². The van der Waals surface area contributed by atoms with Crippen molar-refractivity contribution in [3.63, 3.8) is 0 Å². The number of rotatable bonds is 7. The fourth-order valence-electron chi connectivity index (χ4n) is 1.78. The Balaban J connectivity index is 2.34. The fourth-order valence-corrected chi connectivity index (χ4v) is 1.78. The Labute approximate surface area is 122 Å². The smallest absolute Gasteiger partial charge is 0.315 e. The first-order valence-corrected chi connectivity index (χ1v) is 7.18. The molecule has 1 aromatic carbocycles. The van der Waals surface area contributed by atoms with Crippen molar-refractivity contribution in [3.8, 4) is 0 Å². The third kappa shape index (κ3) is 6.93. The standard InChI is InChI=1S/C18H24O2/c1-4-15(2)10-8-9-11-16(3)20-18(19)14-17-12-6-5-7-13-17/h5-7,10-13H,4,8-9,14H2,1-3H3/b15-10+,16-11+. The first-order chi connectivity index (χ1) is 9.61. The van der Waals surface area contributed by atoms with E-state index in [2.05, 4.69) is 19.9 Å². The number of hydrogen-bond donors (Lipinski definition) is 0. The SMILES string of the molecule is CC/C(C)=C/CC/C=C(\C)OC(=O)Cc1ccccc1. The zero-order valence-electron chi connectivity index (χ0n) is 12.7. The van der Waals surface area contributed by atoms with Crippen molar-refractivity contribution in [1.29, 1.82) is 0 Å². The van der Waals surface area contributed by atoms with E-state index in [0.29, 0.717) is 12.2 Å². The summed E-state index contributed by atoms with van der Waals surface area (Å²) in [6.07, 6.45) is 7.52. The van der Waals surface area contributed by atoms with Crippen LogP contribution in [-0.4, -0.2) is 5.97 Å². The van der Waals surface area contributed by atoms with Gasteiger partial charge in [0.25, 0.3) is 0 Å². The van der Waals surface area contributed by atoms with Gasteiger partial charge in [0.05, 0.1) is 6.42 Å². The molecule has 0 N–H and O–H groups in total. The molecule has 0 amide bonds. The minimum Gasteiger partial charge on any atom is -0.431 e. The van der Waals surface area contributed by atoms with Crippen molar-refractivity contribution >= 4 is 5.97 Å². The van der Waals surface area contributed by atoms with Crippen molar-refractivity contribution in [3.05, 3.63) is 59.4 Å². The van der Waals surface area contributed by atoms with Crippen LogP contribution in [0.4, 0.5) is 0 Å². The van der Waals surface area contributed by atoms with E-state index in [-0.39, 0.29) is 5.97 Å². The Morgan fingerprint density at radius 3 is 2.40 bits per heavy atom. The summed E-state index contributed by atoms with van der Waals surface area (Å²) in [5.74, 6) is 0.485. The van der Waals surface area contributed by atoms with Crippen LogP contribution in [0.5, 0.6) is 0 Å². The van der Waals surface area contributed by atoms with Crippen LogP contribution < -0.4 is 0 Å². The number of allylic oxidation sites excluding steroid dienone is 4. The molecule has 2 nitrogen and oxygen atoms in total. The molecular weight excluding hydrogens is 248 g/mol. The third-order valence-corrected chi connectivity index (χ3v) is 3.12. The zero-order valence-corrected chi connectivity index (χ0v) is 12.7. The Kier molecular flexibility index (Phi) is 7.41. The minimum absolute atomic E-state index is 0.203. The number of ether oxygens (including phenoxy) is 1. The van der Waals surface area contributed by atoms with Crippen LogP contribution in [-0.2, 0) is 16.0 Å². The Morgan fingerprint density at radius 1 is 1.10 bits per heavy atom. The average Bonchev–Trinajstić information content (AvgIpc) is 2.44. The van der Waals surface area contributed by atoms with Gasteiger partial charge in [-0.2, -0.15) is 0 Å². The summed E-state index contributed by atoms with van der Waals surface area (Å²) in [6.45, 7) is 6.12. The first kappa shape index (κ1) is 16.2. The second-order valence-corrected chi connectivity index (χ2v) is 4.93. The van der Waals surface area contributed by atoms with Gasteiger partial charge in [0.2, 0.25) is 0 Å². The van der Waals surface area contributed by atoms with Crippen LogP contribution in [0.15, 0.2) is 53.8 Å². The molecule has 0 saturated heterocycles. The Hall–Kier alpha value is -1.83. The maximum absolute atomic E-state index is 11.7. The van der Waals surface area contributed by atoms with Crippen LogP contribution in [0.2, 0.25) is 0 Å². The van der Waals surface area contributed by atoms with Crippen molar-refractivity contribution in [1.82, 2.24) is 0 Å². The molecule has 0 saturated carbocycles. The molecule has 0 aliphatic carbocycles. The molecule has 0 aliphatic rings. The van der Waals surface area contributed by atoms with Crippen molar-refractivity contribution in [2.24, 2.45) is 0 Å². The lowest BCUT2D eigenvalue weighted by molar-refractivity contribution is -0.138. The Bertz CT molecular complexity index is 469. The molecule has 1 rings (SSSR count). The highest BCUT2D eigenvalue weighted by Gasteiger charge is 2.05. The van der Waals surface area contributed by atoms with Crippen LogP contribution >= 0.6 is 0 Å². The summed E-state index contributed by atoms with van der Waals surface area (Å²) in [5.41, 5.74) is 2.38. The summed E-state index contributed by atoms with van der Waals surface area (Å²) in [7, 11) is 0. The maximum Gasteiger partial charge on any atom is 0.315 e. The van der Waals surface area contributed by atoms with E-state index in [9.17, 15) is 4.79 Å². The second kappa shape index (κ2) is 9.13. The van der Waals surface area contributed by atoms with E-state index in [1.807, 2.05) is 43.3 Å². The monoisotopic (exact) mass is 272 g/mol. The average molecular weight is 272 g/mol. The molecule has 0 aromatic heterocycles. The number of carbonyl (C=O) groups excluding carboxylic acids is 1. The molecule has 0 aliphatic heterocycles. The van der Waals surface area contributed by atoms with Crippen LogP contribution in [0, 0.1) is 0 Å². The van der Waals surface area contributed by atoms with Crippen molar-refractivity contribution in [2.75, 3.05) is 0 Å². The summed E-state index contributed by atoms with van der Waals surface area (Å²) < 4.78 is 5.29. The van der Waals surface area contributed by atoms with Gasteiger partial charge in [-0.05, 0) is 44.7 Å². The molecular formula is C18H24O2. The van der Waals surface area contributed by atoms with E-state index < -0.39 is 0 Å². The molecule has 2 heteroatoms. The zero-order chi connectivity index (χ0) is 14.8. The maximum atomic E-state index is 11.7. The lowest BCUT2D eigenvalue weighted by Gasteiger charge is -2.04. The van der Waals surface area contributed by atoms with Gasteiger partial charge < -0.3 is 4.74 Å². The van der Waals surface area contributed by atoms with Gasteiger partial charge in [0.15, 0.2) is 0 Å². The molecule has 0 radical (unpaired) electrons. The third-order valence-electron chi connectivity index (χ3n) is 3.12. The van der Waals surface area contributed by atoms with Gasteiger partial charge in [-0.15, -0.1) is 0 Å². The summed E-state index contributed by atoms with van der Waals surface area (Å²) in [6, 6.07) is 9.64. The topological polar surface area (TPSA) is 26.3 Å². The molecule has 0 atom stereocenters. The molecule has 20 heavy (non-hydrogen) atoms. The molecule has 0 unspecified atom stereocenters. The number of benzene rings is 1. The van der Waals surface area contributed by atoms with Gasteiger partial charge >= 0.3 is 5.97 Å². The van der Waals surface area contributed by atoms with E-state index in [4.69, 9.17) is 4.74 Å². The van der Waals surface area contributed by atoms with Gasteiger partial charge in [0, 0.05) is 0 Å². The molecule has 0 fully saturated rings. The quantitative estimate of drug-likeness (QED) is 0.308. The highest BCUT2D eigenvalue weighted by Crippen LogP contribution is 2.07. The van der Waals surface area contributed by atoms with Gasteiger partial charge in [0.1, 0.15) is 5.76 Å². The highest BCUT2D eigenvalue weighted by molar-refractivity contribution is 5.73. The van der Waals surface area contributed by atoms with Gasteiger partial charge in [-0.25, -0.2) is 0 Å². The first-order valence-electron chi connectivity index (χ1n) is 7.18. The van der Waals surface area contributed by atoms with E-state index >= 15 is 0 Å². The molecule has 1 aromatic rings. The predicted molar refractivity (Wildman–Crippen MR) is 83.3 cm³/mol. The van der Waals surface area contributed by atoms with Crippen molar-refractivity contribution < 1.29 is 9.53 Å². The van der Waals surface area contributed by atoms with Crippen LogP contribution in [0.3, 0.4) is 0 Å². The molecule has 108 valence electrons. The van der Waals surface area contributed by atoms with Gasteiger partial charge in [-0.3, -0.25) is 4.79 Å². The lowest BCUT2D eigenvalue weighted by Crippen LogP contribution is -2.06. The normalized spacial score (nSPS) is 12.3. The second-order valence-electron chi connectivity index (χ2n) is 4.93. The number of carbonyl (C=O) groups is 1. The van der Waals surface area contributed by atoms with E-state index in [1.54, 1.807) is 0 Å².